The molecule has 0 heterocycles. The van der Waals surface area contributed by atoms with E-state index >= 15 is 0 Å². The fourth-order valence-corrected chi connectivity index (χ4v) is 3.16. The quantitative estimate of drug-likeness (QED) is 0.897. The van der Waals surface area contributed by atoms with E-state index in [9.17, 15) is 4.79 Å². The van der Waals surface area contributed by atoms with E-state index in [1.54, 1.807) is 0 Å². The van der Waals surface area contributed by atoms with Gasteiger partial charge >= 0.3 is 0 Å². The first kappa shape index (κ1) is 15.3. The number of halogens is 1. The summed E-state index contributed by atoms with van der Waals surface area (Å²) in [4.78, 5) is 12.5. The second-order valence-electron chi connectivity index (χ2n) is 6.09. The molecule has 110 valence electrons. The molecule has 2 rings (SSSR count). The zero-order valence-corrected chi connectivity index (χ0v) is 12.9. The predicted molar refractivity (Wildman–Crippen MR) is 82.6 cm³/mol. The lowest BCUT2D eigenvalue weighted by Gasteiger charge is -2.37. The van der Waals surface area contributed by atoms with Crippen LogP contribution in [-0.4, -0.2) is 11.4 Å². The molecule has 1 aromatic carbocycles. The zero-order chi connectivity index (χ0) is 14.8. The normalized spacial score (nSPS) is 27.9. The van der Waals surface area contributed by atoms with Gasteiger partial charge in [-0.15, -0.1) is 0 Å². The van der Waals surface area contributed by atoms with Crippen LogP contribution in [0, 0.1) is 5.92 Å². The minimum Gasteiger partial charge on any atom is -0.349 e. The molecule has 3 atom stereocenters. The number of amides is 1. The van der Waals surface area contributed by atoms with E-state index in [0.29, 0.717) is 5.02 Å². The summed E-state index contributed by atoms with van der Waals surface area (Å²) in [5.41, 5.74) is 6.90. The first-order chi connectivity index (χ1) is 9.40. The molecule has 4 heteroatoms. The van der Waals surface area contributed by atoms with Crippen molar-refractivity contribution in [1.29, 1.82) is 0 Å². The molecule has 1 fully saturated rings. The summed E-state index contributed by atoms with van der Waals surface area (Å²) in [5.74, 6) is -0.0416. The first-order valence-corrected chi connectivity index (χ1v) is 7.62. The number of benzene rings is 1. The molecule has 0 aliphatic heterocycles. The van der Waals surface area contributed by atoms with Crippen LogP contribution in [0.25, 0.3) is 0 Å². The summed E-state index contributed by atoms with van der Waals surface area (Å²) in [6.45, 7) is 3.96. The van der Waals surface area contributed by atoms with Gasteiger partial charge in [0.05, 0.1) is 12.0 Å². The van der Waals surface area contributed by atoms with Gasteiger partial charge in [0.2, 0.25) is 5.91 Å². The third-order valence-corrected chi connectivity index (χ3v) is 4.51. The summed E-state index contributed by atoms with van der Waals surface area (Å²) in [6, 6.07) is 7.53. The maximum Gasteiger partial charge on any atom is 0.225 e. The van der Waals surface area contributed by atoms with E-state index in [1.165, 1.54) is 0 Å². The number of nitrogens with two attached hydrogens (primary N) is 1. The highest BCUT2D eigenvalue weighted by molar-refractivity contribution is 6.30. The molecule has 3 N–H and O–H groups in total. The molecule has 3 nitrogen and oxygen atoms in total. The molecule has 20 heavy (non-hydrogen) atoms. The number of hydrogen-bond donors (Lipinski definition) is 2. The Kier molecular flexibility index (Phi) is 4.71. The Labute approximate surface area is 125 Å². The molecule has 1 aliphatic rings. The van der Waals surface area contributed by atoms with Crippen molar-refractivity contribution in [2.24, 2.45) is 11.7 Å². The summed E-state index contributed by atoms with van der Waals surface area (Å²) >= 11 is 5.99. The summed E-state index contributed by atoms with van der Waals surface area (Å²) in [6.07, 6.45) is 3.98. The maximum atomic E-state index is 12.5. The SMILES string of the molecule is CC(NC(=O)C1CCCCC1(C)N)c1cccc(Cl)c1. The number of nitrogens with one attached hydrogen (secondary N) is 1. The van der Waals surface area contributed by atoms with Gasteiger partial charge in [0.1, 0.15) is 0 Å². The van der Waals surface area contributed by atoms with Gasteiger partial charge in [0.25, 0.3) is 0 Å². The summed E-state index contributed by atoms with van der Waals surface area (Å²) < 4.78 is 0. The minimum atomic E-state index is -0.392. The van der Waals surface area contributed by atoms with Crippen molar-refractivity contribution in [3.63, 3.8) is 0 Å². The second kappa shape index (κ2) is 6.15. The largest absolute Gasteiger partial charge is 0.349 e. The highest BCUT2D eigenvalue weighted by Crippen LogP contribution is 2.32. The molecule has 0 aromatic heterocycles. The van der Waals surface area contributed by atoms with Crippen molar-refractivity contribution in [1.82, 2.24) is 5.32 Å². The third kappa shape index (κ3) is 3.53. The fraction of sp³-hybridized carbons (Fsp3) is 0.562. The zero-order valence-electron chi connectivity index (χ0n) is 12.2. The van der Waals surface area contributed by atoms with Crippen molar-refractivity contribution in [3.05, 3.63) is 34.9 Å². The van der Waals surface area contributed by atoms with E-state index in [2.05, 4.69) is 5.32 Å². The van der Waals surface area contributed by atoms with Crippen LogP contribution in [0.1, 0.15) is 51.1 Å². The Bertz CT molecular complexity index is 487. The molecule has 1 aromatic rings. The average molecular weight is 295 g/mol. The van der Waals surface area contributed by atoms with Crippen LogP contribution in [-0.2, 0) is 4.79 Å². The summed E-state index contributed by atoms with van der Waals surface area (Å²) in [5, 5.41) is 3.76. The van der Waals surface area contributed by atoms with Crippen LogP contribution in [0.2, 0.25) is 5.02 Å². The molecular formula is C16H23ClN2O. The number of carbonyl (C=O) groups is 1. The Morgan fingerprint density at radius 2 is 2.25 bits per heavy atom. The molecule has 1 saturated carbocycles. The highest BCUT2D eigenvalue weighted by Gasteiger charge is 2.38. The lowest BCUT2D eigenvalue weighted by atomic mass is 9.74. The smallest absolute Gasteiger partial charge is 0.225 e. The van der Waals surface area contributed by atoms with Gasteiger partial charge in [-0.2, -0.15) is 0 Å². The van der Waals surface area contributed by atoms with Crippen LogP contribution in [0.5, 0.6) is 0 Å². The van der Waals surface area contributed by atoms with Crippen LogP contribution < -0.4 is 11.1 Å². The third-order valence-electron chi connectivity index (χ3n) is 4.28. The molecule has 0 bridgehead atoms. The van der Waals surface area contributed by atoms with Gasteiger partial charge in [-0.3, -0.25) is 4.79 Å². The van der Waals surface area contributed by atoms with Gasteiger partial charge in [0.15, 0.2) is 0 Å². The number of rotatable bonds is 3. The lowest BCUT2D eigenvalue weighted by Crippen LogP contribution is -2.53. The van der Waals surface area contributed by atoms with Gasteiger partial charge in [0, 0.05) is 10.6 Å². The number of hydrogen-bond acceptors (Lipinski definition) is 2. The molecule has 0 spiro atoms. The van der Waals surface area contributed by atoms with Crippen LogP contribution in [0.4, 0.5) is 0 Å². The molecule has 0 saturated heterocycles. The predicted octanol–water partition coefficient (Wildman–Crippen LogP) is 3.42. The average Bonchev–Trinajstić information content (AvgIpc) is 2.37. The van der Waals surface area contributed by atoms with Crippen LogP contribution in [0.3, 0.4) is 0 Å². The molecule has 0 radical (unpaired) electrons. The van der Waals surface area contributed by atoms with Crippen LogP contribution in [0.15, 0.2) is 24.3 Å². The Morgan fingerprint density at radius 1 is 1.50 bits per heavy atom. The van der Waals surface area contributed by atoms with Gasteiger partial charge < -0.3 is 11.1 Å². The fourth-order valence-electron chi connectivity index (χ4n) is 2.96. The maximum absolute atomic E-state index is 12.5. The second-order valence-corrected chi connectivity index (χ2v) is 6.53. The lowest BCUT2D eigenvalue weighted by molar-refractivity contribution is -0.128. The van der Waals surface area contributed by atoms with Crippen molar-refractivity contribution in [3.8, 4) is 0 Å². The highest BCUT2D eigenvalue weighted by atomic mass is 35.5. The van der Waals surface area contributed by atoms with Crippen molar-refractivity contribution in [2.45, 2.75) is 51.1 Å². The van der Waals surface area contributed by atoms with Crippen molar-refractivity contribution in [2.75, 3.05) is 0 Å². The molecular weight excluding hydrogens is 272 g/mol. The monoisotopic (exact) mass is 294 g/mol. The van der Waals surface area contributed by atoms with E-state index in [1.807, 2.05) is 38.1 Å². The van der Waals surface area contributed by atoms with Gasteiger partial charge in [-0.1, -0.05) is 36.6 Å². The van der Waals surface area contributed by atoms with E-state index in [4.69, 9.17) is 17.3 Å². The topological polar surface area (TPSA) is 55.1 Å². The van der Waals surface area contributed by atoms with Crippen molar-refractivity contribution >= 4 is 17.5 Å². The molecule has 3 unspecified atom stereocenters. The van der Waals surface area contributed by atoms with Crippen LogP contribution >= 0.6 is 11.6 Å². The van der Waals surface area contributed by atoms with E-state index in [-0.39, 0.29) is 17.9 Å². The van der Waals surface area contributed by atoms with Crippen molar-refractivity contribution < 1.29 is 4.79 Å². The Morgan fingerprint density at radius 3 is 2.90 bits per heavy atom. The Balaban J connectivity index is 2.03. The van der Waals surface area contributed by atoms with E-state index in [0.717, 1.165) is 31.2 Å². The Hall–Kier alpha value is -1.06. The summed E-state index contributed by atoms with van der Waals surface area (Å²) in [7, 11) is 0. The molecule has 1 amide bonds. The molecule has 1 aliphatic carbocycles. The standard InChI is InChI=1S/C16H23ClN2O/c1-11(12-6-5-7-13(17)10-12)19-15(20)14-8-3-4-9-16(14,2)18/h5-7,10-11,14H,3-4,8-9,18H2,1-2H3,(H,19,20). The van der Waals surface area contributed by atoms with E-state index < -0.39 is 5.54 Å². The van der Waals surface area contributed by atoms with Gasteiger partial charge in [-0.05, 0) is 44.4 Å². The minimum absolute atomic E-state index is 0.0565. The number of carbonyl (C=O) groups excluding carboxylic acids is 1. The first-order valence-electron chi connectivity index (χ1n) is 7.25. The van der Waals surface area contributed by atoms with Gasteiger partial charge in [-0.25, -0.2) is 0 Å².